The molecule has 2 rings (SSSR count). The highest BCUT2D eigenvalue weighted by Crippen LogP contribution is 2.30. The normalized spacial score (nSPS) is 10.9. The first-order valence-electron chi connectivity index (χ1n) is 8.22. The third-order valence-electron chi connectivity index (χ3n) is 4.05. The van der Waals surface area contributed by atoms with Gasteiger partial charge in [0.25, 0.3) is 5.91 Å². The number of methoxy groups -OCH3 is 1. The van der Waals surface area contributed by atoms with Crippen molar-refractivity contribution >= 4 is 35.2 Å². The van der Waals surface area contributed by atoms with Crippen LogP contribution in [0.15, 0.2) is 18.2 Å². The van der Waals surface area contributed by atoms with E-state index >= 15 is 0 Å². The molecule has 144 valence electrons. The van der Waals surface area contributed by atoms with Crippen LogP contribution in [0.5, 0.6) is 5.75 Å². The Bertz CT molecular complexity index is 903. The molecule has 0 aliphatic rings. The summed E-state index contributed by atoms with van der Waals surface area (Å²) in [6, 6.07) is 3.30. The SMILES string of the molecule is COc1cc(Cl)c(C)cc1NC(=O)COC(=O)/C=C/c1c(C)nn(C)c1C. The maximum Gasteiger partial charge on any atom is 0.331 e. The van der Waals surface area contributed by atoms with E-state index in [1.807, 2.05) is 27.8 Å². The van der Waals surface area contributed by atoms with E-state index in [4.69, 9.17) is 21.1 Å². The van der Waals surface area contributed by atoms with Crippen LogP contribution in [0.3, 0.4) is 0 Å². The number of esters is 1. The van der Waals surface area contributed by atoms with E-state index in [-0.39, 0.29) is 0 Å². The number of aryl methyl sites for hydroxylation is 3. The largest absolute Gasteiger partial charge is 0.495 e. The Morgan fingerprint density at radius 3 is 2.59 bits per heavy atom. The van der Waals surface area contributed by atoms with Crippen LogP contribution in [-0.4, -0.2) is 35.4 Å². The summed E-state index contributed by atoms with van der Waals surface area (Å²) >= 11 is 6.04. The second kappa shape index (κ2) is 8.73. The summed E-state index contributed by atoms with van der Waals surface area (Å²) in [7, 11) is 3.30. The maximum absolute atomic E-state index is 12.1. The van der Waals surface area contributed by atoms with Gasteiger partial charge in [-0.2, -0.15) is 5.10 Å². The number of carbonyl (C=O) groups excluding carboxylic acids is 2. The Morgan fingerprint density at radius 1 is 1.30 bits per heavy atom. The molecule has 1 N–H and O–H groups in total. The van der Waals surface area contributed by atoms with Crippen molar-refractivity contribution in [2.75, 3.05) is 19.0 Å². The number of nitrogens with one attached hydrogen (secondary N) is 1. The quantitative estimate of drug-likeness (QED) is 0.604. The van der Waals surface area contributed by atoms with Crippen molar-refractivity contribution in [3.63, 3.8) is 0 Å². The van der Waals surface area contributed by atoms with Crippen molar-refractivity contribution in [3.05, 3.63) is 45.7 Å². The van der Waals surface area contributed by atoms with Gasteiger partial charge in [-0.3, -0.25) is 9.48 Å². The molecular weight excluding hydrogens is 370 g/mol. The number of halogens is 1. The Balaban J connectivity index is 1.95. The van der Waals surface area contributed by atoms with E-state index in [1.165, 1.54) is 13.2 Å². The van der Waals surface area contributed by atoms with E-state index in [0.717, 1.165) is 22.5 Å². The van der Waals surface area contributed by atoms with Crippen molar-refractivity contribution in [2.24, 2.45) is 7.05 Å². The fourth-order valence-corrected chi connectivity index (χ4v) is 2.64. The summed E-state index contributed by atoms with van der Waals surface area (Å²) < 4.78 is 11.9. The summed E-state index contributed by atoms with van der Waals surface area (Å²) in [5, 5.41) is 7.44. The number of amides is 1. The number of rotatable bonds is 6. The minimum atomic E-state index is -0.618. The number of hydrogen-bond acceptors (Lipinski definition) is 5. The number of carbonyl (C=O) groups is 2. The van der Waals surface area contributed by atoms with Gasteiger partial charge in [0.1, 0.15) is 5.75 Å². The number of ether oxygens (including phenoxy) is 2. The smallest absolute Gasteiger partial charge is 0.331 e. The number of anilines is 1. The number of hydrogen-bond donors (Lipinski definition) is 1. The Kier molecular flexibility index (Phi) is 6.63. The summed E-state index contributed by atoms with van der Waals surface area (Å²) in [5.74, 6) is -0.676. The molecule has 1 amide bonds. The fraction of sp³-hybridized carbons (Fsp3) is 0.316. The van der Waals surface area contributed by atoms with Crippen molar-refractivity contribution < 1.29 is 19.1 Å². The van der Waals surface area contributed by atoms with Gasteiger partial charge in [0, 0.05) is 35.5 Å². The highest BCUT2D eigenvalue weighted by molar-refractivity contribution is 6.31. The molecule has 0 bridgehead atoms. The highest BCUT2D eigenvalue weighted by atomic mass is 35.5. The van der Waals surface area contributed by atoms with Crippen LogP contribution in [0, 0.1) is 20.8 Å². The molecule has 7 nitrogen and oxygen atoms in total. The molecule has 0 saturated heterocycles. The fourth-order valence-electron chi connectivity index (χ4n) is 2.48. The van der Waals surface area contributed by atoms with Gasteiger partial charge >= 0.3 is 5.97 Å². The predicted octanol–water partition coefficient (Wildman–Crippen LogP) is 3.20. The molecule has 0 radical (unpaired) electrons. The third kappa shape index (κ3) is 5.10. The van der Waals surface area contributed by atoms with Crippen LogP contribution in [0.2, 0.25) is 5.02 Å². The summed E-state index contributed by atoms with van der Waals surface area (Å²) in [6.07, 6.45) is 2.90. The number of aromatic nitrogens is 2. The number of nitrogens with zero attached hydrogens (tertiary/aromatic N) is 2. The van der Waals surface area contributed by atoms with Gasteiger partial charge < -0.3 is 14.8 Å². The van der Waals surface area contributed by atoms with Crippen LogP contribution in [0.25, 0.3) is 6.08 Å². The molecule has 1 heterocycles. The van der Waals surface area contributed by atoms with Crippen LogP contribution in [0.1, 0.15) is 22.5 Å². The van der Waals surface area contributed by atoms with E-state index in [9.17, 15) is 9.59 Å². The number of benzene rings is 1. The van der Waals surface area contributed by atoms with Gasteiger partial charge in [-0.15, -0.1) is 0 Å². The third-order valence-corrected chi connectivity index (χ3v) is 4.46. The molecule has 0 aliphatic carbocycles. The lowest BCUT2D eigenvalue weighted by Gasteiger charge is -2.12. The lowest BCUT2D eigenvalue weighted by atomic mass is 10.2. The van der Waals surface area contributed by atoms with Crippen molar-refractivity contribution in [2.45, 2.75) is 20.8 Å². The second-order valence-corrected chi connectivity index (χ2v) is 6.41. The Labute approximate surface area is 162 Å². The molecule has 27 heavy (non-hydrogen) atoms. The maximum atomic E-state index is 12.1. The highest BCUT2D eigenvalue weighted by Gasteiger charge is 2.12. The first-order chi connectivity index (χ1) is 12.7. The van der Waals surface area contributed by atoms with Gasteiger partial charge in [0.15, 0.2) is 6.61 Å². The van der Waals surface area contributed by atoms with E-state index < -0.39 is 18.5 Å². The van der Waals surface area contributed by atoms with Gasteiger partial charge in [-0.1, -0.05) is 11.6 Å². The minimum Gasteiger partial charge on any atom is -0.495 e. The van der Waals surface area contributed by atoms with Gasteiger partial charge in [-0.05, 0) is 38.5 Å². The first-order valence-corrected chi connectivity index (χ1v) is 8.59. The molecule has 1 aromatic carbocycles. The van der Waals surface area contributed by atoms with Crippen LogP contribution >= 0.6 is 11.6 Å². The first kappa shape index (κ1) is 20.5. The lowest BCUT2D eigenvalue weighted by Crippen LogP contribution is -2.20. The average molecular weight is 392 g/mol. The van der Waals surface area contributed by atoms with E-state index in [2.05, 4.69) is 10.4 Å². The zero-order valence-electron chi connectivity index (χ0n) is 15.9. The van der Waals surface area contributed by atoms with Crippen LogP contribution in [0.4, 0.5) is 5.69 Å². The predicted molar refractivity (Wildman–Crippen MR) is 104 cm³/mol. The molecular formula is C19H22ClN3O4. The molecule has 2 aromatic rings. The second-order valence-electron chi connectivity index (χ2n) is 6.00. The van der Waals surface area contributed by atoms with Crippen LogP contribution < -0.4 is 10.1 Å². The molecule has 0 saturated carbocycles. The molecule has 0 aliphatic heterocycles. The average Bonchev–Trinajstić information content (AvgIpc) is 2.86. The van der Waals surface area contributed by atoms with Crippen molar-refractivity contribution in [3.8, 4) is 5.75 Å². The molecule has 0 fully saturated rings. The van der Waals surface area contributed by atoms with Crippen LogP contribution in [-0.2, 0) is 21.4 Å². The molecule has 0 atom stereocenters. The van der Waals surface area contributed by atoms with E-state index in [1.54, 1.807) is 22.9 Å². The summed E-state index contributed by atoms with van der Waals surface area (Å²) in [6.45, 7) is 5.15. The molecule has 1 aromatic heterocycles. The molecule has 0 unspecified atom stereocenters. The zero-order valence-corrected chi connectivity index (χ0v) is 16.7. The van der Waals surface area contributed by atoms with Crippen molar-refractivity contribution in [1.82, 2.24) is 9.78 Å². The zero-order chi connectivity index (χ0) is 20.1. The standard InChI is InChI=1S/C19H22ClN3O4/c1-11-8-16(17(26-5)9-15(11)20)21-18(24)10-27-19(25)7-6-14-12(2)22-23(4)13(14)3/h6-9H,10H2,1-5H3,(H,21,24)/b7-6+. The van der Waals surface area contributed by atoms with Crippen molar-refractivity contribution in [1.29, 1.82) is 0 Å². The molecule has 8 heteroatoms. The summed E-state index contributed by atoms with van der Waals surface area (Å²) in [4.78, 5) is 23.9. The minimum absolute atomic E-state index is 0.418. The van der Waals surface area contributed by atoms with Gasteiger partial charge in [0.05, 0.1) is 18.5 Å². The monoisotopic (exact) mass is 391 g/mol. The lowest BCUT2D eigenvalue weighted by molar-refractivity contribution is -0.142. The Hall–Kier alpha value is -2.80. The van der Waals surface area contributed by atoms with Gasteiger partial charge in [0.2, 0.25) is 0 Å². The topological polar surface area (TPSA) is 82.4 Å². The van der Waals surface area contributed by atoms with E-state index in [0.29, 0.717) is 16.5 Å². The summed E-state index contributed by atoms with van der Waals surface area (Å²) in [5.41, 5.74) is 3.83. The van der Waals surface area contributed by atoms with Gasteiger partial charge in [-0.25, -0.2) is 4.79 Å². The molecule has 0 spiro atoms. The Morgan fingerprint density at radius 2 is 2.00 bits per heavy atom.